The van der Waals surface area contributed by atoms with Gasteiger partial charge < -0.3 is 15.2 Å². The maximum Gasteiger partial charge on any atom is 0.247 e. The quantitative estimate of drug-likeness (QED) is 0.616. The van der Waals surface area contributed by atoms with E-state index in [4.69, 9.17) is 0 Å². The first-order valence-corrected chi connectivity index (χ1v) is 7.83. The lowest BCUT2D eigenvalue weighted by Gasteiger charge is -2.12. The molecule has 2 amide bonds. The maximum atomic E-state index is 13.7. The fraction of sp³-hybridized carbons (Fsp3) is 0.200. The summed E-state index contributed by atoms with van der Waals surface area (Å²) in [6, 6.07) is 3.92. The van der Waals surface area contributed by atoms with E-state index in [1.807, 2.05) is 0 Å². The number of nitrogens with one attached hydrogen (secondary N) is 2. The van der Waals surface area contributed by atoms with Gasteiger partial charge in [-0.05, 0) is 31.2 Å². The van der Waals surface area contributed by atoms with Crippen LogP contribution in [0.1, 0.15) is 6.92 Å². The number of thioether (sulfide) groups is 1. The molecule has 9 heteroatoms. The number of carbonyl (C=O) groups is 2. The minimum Gasteiger partial charge on any atom is -0.325 e. The molecule has 1 heterocycles. The number of aryl methyl sites for hydroxylation is 1. The number of benzene rings is 1. The Labute approximate surface area is 142 Å². The highest BCUT2D eigenvalue weighted by Gasteiger charge is 2.18. The van der Waals surface area contributed by atoms with E-state index < -0.39 is 17.0 Å². The Hall–Kier alpha value is -2.68. The van der Waals surface area contributed by atoms with Gasteiger partial charge in [-0.3, -0.25) is 9.59 Å². The summed E-state index contributed by atoms with van der Waals surface area (Å²) in [5.74, 6) is -1.43. The molecule has 7 nitrogen and oxygen atoms in total. The topological polar surface area (TPSA) is 88.9 Å². The number of aromatic nitrogens is 3. The summed E-state index contributed by atoms with van der Waals surface area (Å²) >= 11 is 1.25. The summed E-state index contributed by atoms with van der Waals surface area (Å²) in [6.45, 7) is 5.02. The first-order valence-electron chi connectivity index (χ1n) is 6.95. The van der Waals surface area contributed by atoms with Crippen LogP contribution in [0.2, 0.25) is 0 Å². The number of anilines is 2. The van der Waals surface area contributed by atoms with Crippen LogP contribution in [0.4, 0.5) is 15.8 Å². The van der Waals surface area contributed by atoms with Gasteiger partial charge in [0.25, 0.3) is 0 Å². The number of carbonyl (C=O) groups excluding carboxylic acids is 2. The van der Waals surface area contributed by atoms with E-state index in [2.05, 4.69) is 27.4 Å². The minimum absolute atomic E-state index is 0.0358. The Kier molecular flexibility index (Phi) is 5.69. The molecule has 0 radical (unpaired) electrons. The number of amides is 2. The van der Waals surface area contributed by atoms with E-state index in [1.165, 1.54) is 23.9 Å². The van der Waals surface area contributed by atoms with Gasteiger partial charge in [0, 0.05) is 12.7 Å². The van der Waals surface area contributed by atoms with Crippen LogP contribution in [-0.4, -0.2) is 31.8 Å². The molecular weight excluding hydrogens is 333 g/mol. The van der Waals surface area contributed by atoms with Gasteiger partial charge in [0.2, 0.25) is 11.8 Å². The van der Waals surface area contributed by atoms with Gasteiger partial charge in [0.1, 0.15) is 12.1 Å². The Bertz CT molecular complexity index is 777. The largest absolute Gasteiger partial charge is 0.325 e. The molecule has 1 atom stereocenters. The van der Waals surface area contributed by atoms with Crippen molar-refractivity contribution in [3.8, 4) is 0 Å². The third-order valence-corrected chi connectivity index (χ3v) is 4.15. The first kappa shape index (κ1) is 17.7. The third-order valence-electron chi connectivity index (χ3n) is 3.00. The van der Waals surface area contributed by atoms with Crippen LogP contribution in [0, 0.1) is 5.82 Å². The smallest absolute Gasteiger partial charge is 0.247 e. The summed E-state index contributed by atoms with van der Waals surface area (Å²) in [5, 5.41) is 12.8. The molecule has 0 aliphatic heterocycles. The van der Waals surface area contributed by atoms with Gasteiger partial charge in [0.15, 0.2) is 5.16 Å². The normalized spacial score (nSPS) is 11.6. The molecule has 0 bridgehead atoms. The number of halogens is 1. The second-order valence-corrected chi connectivity index (χ2v) is 6.17. The standard InChI is InChI=1S/C15H16FN5O2S/c1-4-13(22)19-12-7-10(5-6-11(12)16)18-14(23)9(2)24-15-20-17-8-21(15)3/h4-9H,1H2,2-3H3,(H,18,23)(H,19,22). The molecule has 1 aromatic carbocycles. The molecule has 126 valence electrons. The average Bonchev–Trinajstić information content (AvgIpc) is 2.95. The fourth-order valence-electron chi connectivity index (χ4n) is 1.72. The number of rotatable bonds is 6. The number of nitrogens with zero attached hydrogens (tertiary/aromatic N) is 3. The summed E-state index contributed by atoms with van der Waals surface area (Å²) in [5.41, 5.74) is 0.331. The Morgan fingerprint density at radius 1 is 1.42 bits per heavy atom. The van der Waals surface area contributed by atoms with Crippen molar-refractivity contribution in [1.82, 2.24) is 14.8 Å². The van der Waals surface area contributed by atoms with Crippen molar-refractivity contribution < 1.29 is 14.0 Å². The zero-order valence-corrected chi connectivity index (χ0v) is 13.9. The molecule has 0 aliphatic rings. The van der Waals surface area contributed by atoms with Crippen molar-refractivity contribution in [3.63, 3.8) is 0 Å². The van der Waals surface area contributed by atoms with Crippen molar-refractivity contribution in [2.75, 3.05) is 10.6 Å². The first-order chi connectivity index (χ1) is 11.4. The number of hydrogen-bond donors (Lipinski definition) is 2. The highest BCUT2D eigenvalue weighted by atomic mass is 32.2. The molecule has 0 saturated carbocycles. The van der Waals surface area contributed by atoms with Crippen molar-refractivity contribution in [1.29, 1.82) is 0 Å². The molecule has 0 fully saturated rings. The molecule has 0 aliphatic carbocycles. The second-order valence-electron chi connectivity index (χ2n) is 4.86. The zero-order valence-electron chi connectivity index (χ0n) is 13.1. The van der Waals surface area contributed by atoms with Crippen LogP contribution in [0.25, 0.3) is 0 Å². The SMILES string of the molecule is C=CC(=O)Nc1cc(NC(=O)C(C)Sc2nncn2C)ccc1F. The van der Waals surface area contributed by atoms with Gasteiger partial charge in [-0.25, -0.2) is 4.39 Å². The van der Waals surface area contributed by atoms with Crippen LogP contribution < -0.4 is 10.6 Å². The number of hydrogen-bond acceptors (Lipinski definition) is 5. The van der Waals surface area contributed by atoms with Gasteiger partial charge in [-0.2, -0.15) is 0 Å². The summed E-state index contributed by atoms with van der Waals surface area (Å²) in [6.07, 6.45) is 2.58. The predicted molar refractivity (Wildman–Crippen MR) is 90.2 cm³/mol. The molecule has 24 heavy (non-hydrogen) atoms. The molecule has 0 spiro atoms. The van der Waals surface area contributed by atoms with Crippen LogP contribution in [-0.2, 0) is 16.6 Å². The Morgan fingerprint density at radius 3 is 2.79 bits per heavy atom. The van der Waals surface area contributed by atoms with Crippen LogP contribution in [0.15, 0.2) is 42.3 Å². The highest BCUT2D eigenvalue weighted by molar-refractivity contribution is 8.00. The highest BCUT2D eigenvalue weighted by Crippen LogP contribution is 2.23. The molecule has 2 rings (SSSR count). The lowest BCUT2D eigenvalue weighted by Crippen LogP contribution is -2.23. The third kappa shape index (κ3) is 4.42. The minimum atomic E-state index is -0.607. The molecule has 1 unspecified atom stereocenters. The van der Waals surface area contributed by atoms with Gasteiger partial charge in [0.05, 0.1) is 10.9 Å². The van der Waals surface area contributed by atoms with Gasteiger partial charge in [-0.15, -0.1) is 10.2 Å². The van der Waals surface area contributed by atoms with Gasteiger partial charge in [-0.1, -0.05) is 18.3 Å². The van der Waals surface area contributed by atoms with Crippen LogP contribution in [0.3, 0.4) is 0 Å². The van der Waals surface area contributed by atoms with Crippen molar-refractivity contribution in [3.05, 3.63) is 43.0 Å². The van der Waals surface area contributed by atoms with E-state index in [9.17, 15) is 14.0 Å². The van der Waals surface area contributed by atoms with Crippen molar-refractivity contribution in [2.24, 2.45) is 7.05 Å². The van der Waals surface area contributed by atoms with Gasteiger partial charge >= 0.3 is 0 Å². The molecule has 2 N–H and O–H groups in total. The second kappa shape index (κ2) is 7.73. The van der Waals surface area contributed by atoms with E-state index >= 15 is 0 Å². The summed E-state index contributed by atoms with van der Waals surface area (Å²) < 4.78 is 15.4. The zero-order chi connectivity index (χ0) is 17.7. The van der Waals surface area contributed by atoms with E-state index in [0.717, 1.165) is 12.1 Å². The van der Waals surface area contributed by atoms with Crippen LogP contribution >= 0.6 is 11.8 Å². The molecular formula is C15H16FN5O2S. The van der Waals surface area contributed by atoms with E-state index in [1.54, 1.807) is 24.9 Å². The van der Waals surface area contributed by atoms with Crippen molar-refractivity contribution >= 4 is 35.0 Å². The average molecular weight is 349 g/mol. The fourth-order valence-corrected chi connectivity index (χ4v) is 2.51. The molecule has 0 saturated heterocycles. The van der Waals surface area contributed by atoms with E-state index in [-0.39, 0.29) is 11.6 Å². The lowest BCUT2D eigenvalue weighted by atomic mass is 10.2. The van der Waals surface area contributed by atoms with Crippen LogP contribution in [0.5, 0.6) is 0 Å². The van der Waals surface area contributed by atoms with Crippen molar-refractivity contribution in [2.45, 2.75) is 17.3 Å². The summed E-state index contributed by atoms with van der Waals surface area (Å²) in [4.78, 5) is 23.5. The predicted octanol–water partition coefficient (Wildman–Crippen LogP) is 2.20. The van der Waals surface area contributed by atoms with E-state index in [0.29, 0.717) is 10.8 Å². The monoisotopic (exact) mass is 349 g/mol. The maximum absolute atomic E-state index is 13.7. The molecule has 2 aromatic rings. The summed E-state index contributed by atoms with van der Waals surface area (Å²) in [7, 11) is 1.78. The Balaban J connectivity index is 2.05. The lowest BCUT2D eigenvalue weighted by molar-refractivity contribution is -0.115. The Morgan fingerprint density at radius 2 is 2.17 bits per heavy atom. The molecule has 1 aromatic heterocycles.